The lowest BCUT2D eigenvalue weighted by Crippen LogP contribution is -2.12. The van der Waals surface area contributed by atoms with E-state index >= 15 is 0 Å². The molecule has 0 amide bonds. The van der Waals surface area contributed by atoms with E-state index in [0.717, 1.165) is 4.47 Å². The van der Waals surface area contributed by atoms with E-state index in [4.69, 9.17) is 33.2 Å². The fourth-order valence-electron chi connectivity index (χ4n) is 1.26. The van der Waals surface area contributed by atoms with Crippen LogP contribution in [0.15, 0.2) is 28.7 Å². The molecule has 0 saturated carbocycles. The van der Waals surface area contributed by atoms with Crippen LogP contribution in [0.25, 0.3) is 0 Å². The predicted molar refractivity (Wildman–Crippen MR) is 70.7 cm³/mol. The molecule has 0 aliphatic carbocycles. The number of rotatable bonds is 3. The van der Waals surface area contributed by atoms with E-state index in [1.54, 1.807) is 0 Å². The molecule has 1 aromatic rings. The highest BCUT2D eigenvalue weighted by Gasteiger charge is 2.28. The van der Waals surface area contributed by atoms with Crippen LogP contribution in [0.1, 0.15) is 18.4 Å². The predicted octanol–water partition coefficient (Wildman–Crippen LogP) is 5.21. The zero-order valence-corrected chi connectivity index (χ0v) is 12.5. The van der Waals surface area contributed by atoms with Crippen molar-refractivity contribution in [1.82, 2.24) is 0 Å². The van der Waals surface area contributed by atoms with Crippen molar-refractivity contribution in [2.45, 2.75) is 18.9 Å². The molecule has 0 aliphatic rings. The first-order chi connectivity index (χ1) is 6.38. The van der Waals surface area contributed by atoms with Gasteiger partial charge in [0, 0.05) is 4.47 Å². The van der Waals surface area contributed by atoms with Gasteiger partial charge in [0.15, 0.2) is 0 Å². The van der Waals surface area contributed by atoms with Crippen LogP contribution in [0.2, 0.25) is 6.04 Å². The molecule has 5 heteroatoms. The standard InChI is InChI=1S/C9H10BrCl3Si/c1-7(6-14(11,12)13)8-2-4-9(10)5-3-8/h2-5,7H,6H2,1H3. The van der Waals surface area contributed by atoms with Gasteiger partial charge in [0.2, 0.25) is 0 Å². The Kier molecular flexibility index (Phi) is 4.79. The lowest BCUT2D eigenvalue weighted by molar-refractivity contribution is 0.858. The zero-order valence-electron chi connectivity index (χ0n) is 7.61. The molecule has 1 unspecified atom stereocenters. The minimum absolute atomic E-state index is 0.308. The minimum atomic E-state index is -2.51. The van der Waals surface area contributed by atoms with E-state index in [1.807, 2.05) is 12.1 Å². The van der Waals surface area contributed by atoms with E-state index in [0.29, 0.717) is 12.0 Å². The lowest BCUT2D eigenvalue weighted by atomic mass is 10.0. The Labute approximate surface area is 108 Å². The first-order valence-electron chi connectivity index (χ1n) is 4.21. The smallest absolute Gasteiger partial charge is 0.126 e. The molecular formula is C9H10BrCl3Si. The van der Waals surface area contributed by atoms with Gasteiger partial charge < -0.3 is 0 Å². The quantitative estimate of drug-likeness (QED) is 0.526. The Bertz CT molecular complexity index is 294. The molecule has 0 aromatic heterocycles. The van der Waals surface area contributed by atoms with Crippen molar-refractivity contribution in [3.8, 4) is 0 Å². The van der Waals surface area contributed by atoms with Crippen LogP contribution >= 0.6 is 49.2 Å². The molecule has 0 saturated heterocycles. The summed E-state index contributed by atoms with van der Waals surface area (Å²) in [5.41, 5.74) is 1.21. The van der Waals surface area contributed by atoms with Crippen LogP contribution in [-0.2, 0) is 0 Å². The molecule has 0 spiro atoms. The summed E-state index contributed by atoms with van der Waals surface area (Å²) in [6.07, 6.45) is 0. The minimum Gasteiger partial charge on any atom is -0.126 e. The average Bonchev–Trinajstić information content (AvgIpc) is 2.02. The van der Waals surface area contributed by atoms with Crippen LogP contribution in [0, 0.1) is 0 Å². The number of halogens is 4. The Morgan fingerprint density at radius 3 is 2.14 bits per heavy atom. The Balaban J connectivity index is 2.70. The van der Waals surface area contributed by atoms with Gasteiger partial charge in [-0.2, -0.15) is 0 Å². The fraction of sp³-hybridized carbons (Fsp3) is 0.333. The summed E-state index contributed by atoms with van der Waals surface area (Å²) < 4.78 is 1.07. The summed E-state index contributed by atoms with van der Waals surface area (Å²) in [4.78, 5) is 0. The van der Waals surface area contributed by atoms with Crippen molar-refractivity contribution < 1.29 is 0 Å². The highest BCUT2D eigenvalue weighted by atomic mass is 79.9. The molecule has 1 rings (SSSR count). The zero-order chi connectivity index (χ0) is 10.8. The van der Waals surface area contributed by atoms with Crippen molar-refractivity contribution in [2.24, 2.45) is 0 Å². The number of benzene rings is 1. The molecule has 1 aromatic carbocycles. The third-order valence-electron chi connectivity index (χ3n) is 1.98. The maximum atomic E-state index is 5.87. The highest BCUT2D eigenvalue weighted by molar-refractivity contribution is 9.10. The van der Waals surface area contributed by atoms with Crippen LogP contribution in [0.3, 0.4) is 0 Å². The van der Waals surface area contributed by atoms with Crippen molar-refractivity contribution in [3.63, 3.8) is 0 Å². The monoisotopic (exact) mass is 330 g/mol. The largest absolute Gasteiger partial charge is 0.342 e. The Morgan fingerprint density at radius 2 is 1.71 bits per heavy atom. The van der Waals surface area contributed by atoms with Gasteiger partial charge in [0.25, 0.3) is 0 Å². The first-order valence-corrected chi connectivity index (χ1v) is 10.2. The van der Waals surface area contributed by atoms with Gasteiger partial charge >= 0.3 is 6.00 Å². The van der Waals surface area contributed by atoms with Crippen molar-refractivity contribution >= 4 is 55.2 Å². The molecule has 0 nitrogen and oxygen atoms in total. The molecule has 0 radical (unpaired) electrons. The molecule has 78 valence electrons. The molecule has 0 heterocycles. The van der Waals surface area contributed by atoms with Crippen molar-refractivity contribution in [1.29, 1.82) is 0 Å². The highest BCUT2D eigenvalue weighted by Crippen LogP contribution is 2.34. The van der Waals surface area contributed by atoms with Gasteiger partial charge in [-0.15, -0.1) is 33.2 Å². The number of hydrogen-bond donors (Lipinski definition) is 0. The normalized spacial score (nSPS) is 14.1. The third kappa shape index (κ3) is 4.54. The summed E-state index contributed by atoms with van der Waals surface area (Å²) in [5.74, 6) is 0.308. The third-order valence-corrected chi connectivity index (χ3v) is 4.97. The van der Waals surface area contributed by atoms with Gasteiger partial charge in [-0.3, -0.25) is 0 Å². The van der Waals surface area contributed by atoms with Crippen molar-refractivity contribution in [3.05, 3.63) is 34.3 Å². The lowest BCUT2D eigenvalue weighted by Gasteiger charge is -2.15. The Morgan fingerprint density at radius 1 is 1.21 bits per heavy atom. The maximum Gasteiger partial charge on any atom is 0.342 e. The molecule has 0 fully saturated rings. The SMILES string of the molecule is CC(C[Si](Cl)(Cl)Cl)c1ccc(Br)cc1. The van der Waals surface area contributed by atoms with Crippen molar-refractivity contribution in [2.75, 3.05) is 0 Å². The number of hydrogen-bond acceptors (Lipinski definition) is 0. The molecule has 0 bridgehead atoms. The second-order valence-electron chi connectivity index (χ2n) is 3.27. The van der Waals surface area contributed by atoms with Gasteiger partial charge in [-0.25, -0.2) is 0 Å². The van der Waals surface area contributed by atoms with E-state index in [2.05, 4.69) is 35.0 Å². The molecule has 1 atom stereocenters. The maximum absolute atomic E-state index is 5.87. The molecule has 0 N–H and O–H groups in total. The van der Waals surface area contributed by atoms with E-state index < -0.39 is 6.00 Å². The average molecular weight is 333 g/mol. The van der Waals surface area contributed by atoms with Gasteiger partial charge in [0.1, 0.15) is 0 Å². The molecule has 14 heavy (non-hydrogen) atoms. The first kappa shape index (κ1) is 12.9. The van der Waals surface area contributed by atoms with Crippen LogP contribution in [0.5, 0.6) is 0 Å². The summed E-state index contributed by atoms with van der Waals surface area (Å²) in [6.45, 7) is 2.08. The topological polar surface area (TPSA) is 0 Å². The van der Waals surface area contributed by atoms with E-state index in [-0.39, 0.29) is 0 Å². The van der Waals surface area contributed by atoms with E-state index in [1.165, 1.54) is 5.56 Å². The second-order valence-corrected chi connectivity index (χ2v) is 13.4. The fourth-order valence-corrected chi connectivity index (χ4v) is 4.53. The van der Waals surface area contributed by atoms with Crippen LogP contribution in [0.4, 0.5) is 0 Å². The van der Waals surface area contributed by atoms with Gasteiger partial charge in [-0.1, -0.05) is 35.0 Å². The summed E-state index contributed by atoms with van der Waals surface area (Å²) in [6, 6.07) is 6.28. The Hall–Kier alpha value is 0.787. The summed E-state index contributed by atoms with van der Waals surface area (Å²) in [7, 11) is 0. The van der Waals surface area contributed by atoms with Gasteiger partial charge in [-0.05, 0) is 29.7 Å². The second kappa shape index (κ2) is 5.22. The summed E-state index contributed by atoms with van der Waals surface area (Å²) in [5, 5.41) is 0. The van der Waals surface area contributed by atoms with E-state index in [9.17, 15) is 0 Å². The molecular weight excluding hydrogens is 322 g/mol. The van der Waals surface area contributed by atoms with Gasteiger partial charge in [0.05, 0.1) is 0 Å². The van der Waals surface area contributed by atoms with Crippen LogP contribution < -0.4 is 0 Å². The van der Waals surface area contributed by atoms with Crippen LogP contribution in [-0.4, -0.2) is 6.00 Å². The summed E-state index contributed by atoms with van der Waals surface area (Å²) >= 11 is 21.0. The molecule has 0 aliphatic heterocycles.